The Labute approximate surface area is 107 Å². The molecule has 2 rings (SSSR count). The molecule has 2 aromatic rings. The van der Waals surface area contributed by atoms with Crippen LogP contribution in [0.4, 0.5) is 5.82 Å². The van der Waals surface area contributed by atoms with Crippen LogP contribution in [-0.2, 0) is 6.54 Å². The lowest BCUT2D eigenvalue weighted by Gasteiger charge is -2.06. The van der Waals surface area contributed by atoms with E-state index >= 15 is 0 Å². The van der Waals surface area contributed by atoms with Crippen LogP contribution in [-0.4, -0.2) is 9.97 Å². The van der Waals surface area contributed by atoms with Gasteiger partial charge < -0.3 is 5.32 Å². The number of anilines is 1. The van der Waals surface area contributed by atoms with Crippen molar-refractivity contribution in [3.8, 4) is 0 Å². The zero-order valence-electron chi connectivity index (χ0n) is 8.32. The van der Waals surface area contributed by atoms with Gasteiger partial charge in [0.2, 0.25) is 0 Å². The SMILES string of the molecule is Clc1cncnc1NCc1cccc(Br)c1. The van der Waals surface area contributed by atoms with Crippen molar-refractivity contribution in [2.45, 2.75) is 6.54 Å². The molecule has 5 heteroatoms. The Balaban J connectivity index is 2.05. The molecule has 16 heavy (non-hydrogen) atoms. The van der Waals surface area contributed by atoms with Crippen LogP contribution in [0, 0.1) is 0 Å². The van der Waals surface area contributed by atoms with Crippen LogP contribution in [0.15, 0.2) is 41.3 Å². The zero-order valence-corrected chi connectivity index (χ0v) is 10.7. The highest BCUT2D eigenvalue weighted by molar-refractivity contribution is 9.10. The average molecular weight is 299 g/mol. The van der Waals surface area contributed by atoms with Crippen molar-refractivity contribution in [3.63, 3.8) is 0 Å². The predicted octanol–water partition coefficient (Wildman–Crippen LogP) is 3.50. The summed E-state index contributed by atoms with van der Waals surface area (Å²) in [6, 6.07) is 8.05. The molecular formula is C11H9BrClN3. The van der Waals surface area contributed by atoms with Crippen molar-refractivity contribution in [3.05, 3.63) is 51.8 Å². The lowest BCUT2D eigenvalue weighted by Crippen LogP contribution is -2.02. The van der Waals surface area contributed by atoms with Crippen molar-refractivity contribution in [2.75, 3.05) is 5.32 Å². The van der Waals surface area contributed by atoms with Crippen molar-refractivity contribution in [1.29, 1.82) is 0 Å². The number of nitrogens with zero attached hydrogens (tertiary/aromatic N) is 2. The van der Waals surface area contributed by atoms with Crippen molar-refractivity contribution < 1.29 is 0 Å². The van der Waals surface area contributed by atoms with Gasteiger partial charge in [-0.2, -0.15) is 0 Å². The summed E-state index contributed by atoms with van der Waals surface area (Å²) in [5.74, 6) is 0.650. The van der Waals surface area contributed by atoms with E-state index in [1.54, 1.807) is 6.20 Å². The number of hydrogen-bond donors (Lipinski definition) is 1. The van der Waals surface area contributed by atoms with Crippen LogP contribution in [0.25, 0.3) is 0 Å². The monoisotopic (exact) mass is 297 g/mol. The Bertz CT molecular complexity index is 490. The molecule has 82 valence electrons. The second kappa shape index (κ2) is 5.27. The third kappa shape index (κ3) is 2.93. The standard InChI is InChI=1S/C11H9BrClN3/c12-9-3-1-2-8(4-9)5-15-11-10(13)6-14-7-16-11/h1-4,6-7H,5H2,(H,14,15,16). The quantitative estimate of drug-likeness (QED) is 0.942. The van der Waals surface area contributed by atoms with Gasteiger partial charge in [0.25, 0.3) is 0 Å². The highest BCUT2D eigenvalue weighted by atomic mass is 79.9. The van der Waals surface area contributed by atoms with Crippen LogP contribution >= 0.6 is 27.5 Å². The number of halogens is 2. The molecule has 0 aliphatic heterocycles. The van der Waals surface area contributed by atoms with E-state index in [-0.39, 0.29) is 0 Å². The molecule has 1 heterocycles. The van der Waals surface area contributed by atoms with Gasteiger partial charge in [0.1, 0.15) is 17.2 Å². The second-order valence-corrected chi connectivity index (χ2v) is 4.53. The summed E-state index contributed by atoms with van der Waals surface area (Å²) in [5.41, 5.74) is 1.16. The van der Waals surface area contributed by atoms with Gasteiger partial charge in [-0.25, -0.2) is 9.97 Å². The van der Waals surface area contributed by atoms with Crippen molar-refractivity contribution >= 4 is 33.3 Å². The van der Waals surface area contributed by atoms with Gasteiger partial charge in [-0.05, 0) is 17.7 Å². The van der Waals surface area contributed by atoms with E-state index in [2.05, 4.69) is 31.2 Å². The predicted molar refractivity (Wildman–Crippen MR) is 68.5 cm³/mol. The molecule has 0 unspecified atom stereocenters. The summed E-state index contributed by atoms with van der Waals surface area (Å²) in [7, 11) is 0. The summed E-state index contributed by atoms with van der Waals surface area (Å²) in [4.78, 5) is 7.87. The van der Waals surface area contributed by atoms with Crippen molar-refractivity contribution in [2.24, 2.45) is 0 Å². The fourth-order valence-corrected chi connectivity index (χ4v) is 1.89. The van der Waals surface area contributed by atoms with Gasteiger partial charge >= 0.3 is 0 Å². The fraction of sp³-hybridized carbons (Fsp3) is 0.0909. The second-order valence-electron chi connectivity index (χ2n) is 3.20. The third-order valence-electron chi connectivity index (χ3n) is 2.02. The smallest absolute Gasteiger partial charge is 0.148 e. The zero-order chi connectivity index (χ0) is 11.4. The maximum atomic E-state index is 5.92. The van der Waals surface area contributed by atoms with Crippen molar-refractivity contribution in [1.82, 2.24) is 9.97 Å². The molecular weight excluding hydrogens is 289 g/mol. The Morgan fingerprint density at radius 3 is 3.00 bits per heavy atom. The molecule has 3 nitrogen and oxygen atoms in total. The molecule has 0 spiro atoms. The Hall–Kier alpha value is -1.13. The first-order valence-corrected chi connectivity index (χ1v) is 5.86. The lowest BCUT2D eigenvalue weighted by molar-refractivity contribution is 1.08. The molecule has 0 amide bonds. The molecule has 1 aromatic heterocycles. The Morgan fingerprint density at radius 1 is 1.38 bits per heavy atom. The first kappa shape index (κ1) is 11.4. The molecule has 1 aromatic carbocycles. The normalized spacial score (nSPS) is 10.1. The molecule has 0 saturated carbocycles. The first-order chi connectivity index (χ1) is 7.75. The highest BCUT2D eigenvalue weighted by Gasteiger charge is 2.00. The number of rotatable bonds is 3. The number of benzene rings is 1. The van der Waals surface area contributed by atoms with Gasteiger partial charge in [-0.3, -0.25) is 0 Å². The molecule has 0 aliphatic rings. The van der Waals surface area contributed by atoms with Gasteiger partial charge in [-0.1, -0.05) is 39.7 Å². The van der Waals surface area contributed by atoms with E-state index in [4.69, 9.17) is 11.6 Å². The van der Waals surface area contributed by atoms with Gasteiger partial charge in [-0.15, -0.1) is 0 Å². The topological polar surface area (TPSA) is 37.8 Å². The summed E-state index contributed by atoms with van der Waals surface area (Å²) in [6.07, 6.45) is 3.03. The van der Waals surface area contributed by atoms with Crippen LogP contribution in [0.5, 0.6) is 0 Å². The number of nitrogens with one attached hydrogen (secondary N) is 1. The van der Waals surface area contributed by atoms with Crippen LogP contribution in [0.2, 0.25) is 5.02 Å². The van der Waals surface area contributed by atoms with Crippen LogP contribution in [0.3, 0.4) is 0 Å². The highest BCUT2D eigenvalue weighted by Crippen LogP contribution is 2.18. The molecule has 0 aliphatic carbocycles. The molecule has 0 saturated heterocycles. The molecule has 0 radical (unpaired) electrons. The number of aromatic nitrogens is 2. The minimum absolute atomic E-state index is 0.525. The maximum absolute atomic E-state index is 5.92. The largest absolute Gasteiger partial charge is 0.365 e. The molecule has 1 N–H and O–H groups in total. The summed E-state index contributed by atoms with van der Waals surface area (Å²) >= 11 is 9.35. The van der Waals surface area contributed by atoms with E-state index in [0.29, 0.717) is 17.4 Å². The lowest BCUT2D eigenvalue weighted by atomic mass is 10.2. The van der Waals surface area contributed by atoms with Gasteiger partial charge in [0.05, 0.1) is 6.20 Å². The number of hydrogen-bond acceptors (Lipinski definition) is 3. The van der Waals surface area contributed by atoms with E-state index in [1.807, 2.05) is 24.3 Å². The first-order valence-electron chi connectivity index (χ1n) is 4.69. The average Bonchev–Trinajstić information content (AvgIpc) is 2.28. The maximum Gasteiger partial charge on any atom is 0.148 e. The van der Waals surface area contributed by atoms with Gasteiger partial charge in [0, 0.05) is 11.0 Å². The Kier molecular flexibility index (Phi) is 3.74. The van der Waals surface area contributed by atoms with Crippen LogP contribution in [0.1, 0.15) is 5.56 Å². The Morgan fingerprint density at radius 2 is 2.25 bits per heavy atom. The molecule has 0 bridgehead atoms. The summed E-state index contributed by atoms with van der Waals surface area (Å²) < 4.78 is 1.06. The summed E-state index contributed by atoms with van der Waals surface area (Å²) in [5, 5.41) is 3.68. The van der Waals surface area contributed by atoms with Crippen LogP contribution < -0.4 is 5.32 Å². The molecule has 0 fully saturated rings. The minimum Gasteiger partial charge on any atom is -0.365 e. The van der Waals surface area contributed by atoms with E-state index in [9.17, 15) is 0 Å². The third-order valence-corrected chi connectivity index (χ3v) is 2.79. The molecule has 0 atom stereocenters. The minimum atomic E-state index is 0.525. The fourth-order valence-electron chi connectivity index (χ4n) is 1.28. The van der Waals surface area contributed by atoms with E-state index in [1.165, 1.54) is 6.33 Å². The van der Waals surface area contributed by atoms with E-state index in [0.717, 1.165) is 10.0 Å². The summed E-state index contributed by atoms with van der Waals surface area (Å²) in [6.45, 7) is 0.677. The van der Waals surface area contributed by atoms with E-state index < -0.39 is 0 Å². The van der Waals surface area contributed by atoms with Gasteiger partial charge in [0.15, 0.2) is 0 Å².